The molecule has 0 spiro atoms. The molecule has 1 aromatic carbocycles. The van der Waals surface area contributed by atoms with E-state index >= 15 is 0 Å². The van der Waals surface area contributed by atoms with E-state index in [1.54, 1.807) is 19.4 Å². The van der Waals surface area contributed by atoms with Gasteiger partial charge in [-0.05, 0) is 5.56 Å². The van der Waals surface area contributed by atoms with Gasteiger partial charge < -0.3 is 9.73 Å². The molecular formula is C21H18N6O3. The number of amides is 2. The molecule has 0 saturated heterocycles. The molecular weight excluding hydrogens is 384 g/mol. The molecule has 0 unspecified atom stereocenters. The Morgan fingerprint density at radius 1 is 1.20 bits per heavy atom. The van der Waals surface area contributed by atoms with Crippen molar-refractivity contribution >= 4 is 17.6 Å². The van der Waals surface area contributed by atoms with Crippen LogP contribution in [0.25, 0.3) is 0 Å². The average molecular weight is 402 g/mol. The Morgan fingerprint density at radius 3 is 2.70 bits per heavy atom. The first kappa shape index (κ1) is 17.3. The first-order valence-corrected chi connectivity index (χ1v) is 9.76. The van der Waals surface area contributed by atoms with Crippen molar-refractivity contribution in [2.45, 2.75) is 24.8 Å². The molecule has 2 aliphatic heterocycles. The van der Waals surface area contributed by atoms with Gasteiger partial charge in [-0.15, -0.1) is 10.2 Å². The Bertz CT molecular complexity index is 1210. The van der Waals surface area contributed by atoms with Gasteiger partial charge in [-0.2, -0.15) is 0 Å². The summed E-state index contributed by atoms with van der Waals surface area (Å²) in [6.45, 7) is 2.01. The monoisotopic (exact) mass is 402 g/mol. The fourth-order valence-electron chi connectivity index (χ4n) is 5.26. The second-order valence-electron chi connectivity index (χ2n) is 8.29. The zero-order valence-corrected chi connectivity index (χ0v) is 16.4. The summed E-state index contributed by atoms with van der Waals surface area (Å²) < 4.78 is 5.57. The quantitative estimate of drug-likeness (QED) is 0.700. The van der Waals surface area contributed by atoms with Crippen molar-refractivity contribution in [2.24, 2.45) is 11.3 Å². The average Bonchev–Trinajstić information content (AvgIpc) is 3.45. The molecule has 2 fully saturated rings. The third-order valence-electron chi connectivity index (χ3n) is 6.88. The molecule has 3 aromatic rings. The van der Waals surface area contributed by atoms with Crippen molar-refractivity contribution in [2.75, 3.05) is 11.9 Å². The lowest BCUT2D eigenvalue weighted by Crippen LogP contribution is -2.56. The number of likely N-dealkylation sites (N-methyl/N-ethyl adjacent to an activating group) is 1. The Kier molecular flexibility index (Phi) is 3.16. The SMILES string of the molecule is CN1C(=O)[C@]2(NC(=O)c3nnc(Cc4ccccc4)o3)[C@@H]3[C@H](c4nccnc41)[C@]32C. The maximum absolute atomic E-state index is 13.3. The highest BCUT2D eigenvalue weighted by Crippen LogP contribution is 2.91. The van der Waals surface area contributed by atoms with E-state index in [2.05, 4.69) is 25.5 Å². The number of fused-ring (bicyclic) bond motifs is 1. The van der Waals surface area contributed by atoms with E-state index in [0.717, 1.165) is 11.3 Å². The maximum Gasteiger partial charge on any atom is 0.309 e. The molecule has 1 N–H and O–H groups in total. The topological polar surface area (TPSA) is 114 Å². The molecule has 4 heterocycles. The summed E-state index contributed by atoms with van der Waals surface area (Å²) in [7, 11) is 1.66. The van der Waals surface area contributed by atoms with Crippen molar-refractivity contribution in [3.63, 3.8) is 0 Å². The van der Waals surface area contributed by atoms with Gasteiger partial charge in [0, 0.05) is 36.7 Å². The van der Waals surface area contributed by atoms with E-state index in [1.165, 1.54) is 4.90 Å². The van der Waals surface area contributed by atoms with Crippen molar-refractivity contribution in [3.8, 4) is 0 Å². The molecule has 150 valence electrons. The first-order valence-electron chi connectivity index (χ1n) is 9.76. The van der Waals surface area contributed by atoms with Crippen LogP contribution in [-0.4, -0.2) is 44.6 Å². The van der Waals surface area contributed by atoms with Gasteiger partial charge in [0.15, 0.2) is 5.82 Å². The Labute approximate surface area is 171 Å². The zero-order valence-electron chi connectivity index (χ0n) is 16.4. The number of aromatic nitrogens is 4. The van der Waals surface area contributed by atoms with Gasteiger partial charge in [-0.25, -0.2) is 4.98 Å². The van der Waals surface area contributed by atoms with Crippen LogP contribution in [0.15, 0.2) is 47.1 Å². The summed E-state index contributed by atoms with van der Waals surface area (Å²) in [6, 6.07) is 9.66. The van der Waals surface area contributed by atoms with Crippen LogP contribution >= 0.6 is 0 Å². The highest BCUT2D eigenvalue weighted by atomic mass is 16.4. The second-order valence-corrected chi connectivity index (χ2v) is 8.29. The van der Waals surface area contributed by atoms with Crippen LogP contribution in [0.2, 0.25) is 0 Å². The number of carbonyl (C=O) groups is 2. The van der Waals surface area contributed by atoms with E-state index in [0.29, 0.717) is 18.1 Å². The van der Waals surface area contributed by atoms with E-state index in [1.807, 2.05) is 37.3 Å². The van der Waals surface area contributed by atoms with Crippen LogP contribution in [0.4, 0.5) is 5.82 Å². The largest absolute Gasteiger partial charge is 0.417 e. The summed E-state index contributed by atoms with van der Waals surface area (Å²) in [4.78, 5) is 36.4. The molecule has 2 amide bonds. The summed E-state index contributed by atoms with van der Waals surface area (Å²) >= 11 is 0. The first-order chi connectivity index (χ1) is 14.5. The Balaban J connectivity index is 1.25. The van der Waals surface area contributed by atoms with E-state index in [9.17, 15) is 9.59 Å². The molecule has 30 heavy (non-hydrogen) atoms. The van der Waals surface area contributed by atoms with Gasteiger partial charge >= 0.3 is 11.8 Å². The molecule has 2 saturated carbocycles. The van der Waals surface area contributed by atoms with Crippen LogP contribution in [0.1, 0.15) is 40.7 Å². The molecule has 2 aromatic heterocycles. The third kappa shape index (κ3) is 1.96. The summed E-state index contributed by atoms with van der Waals surface area (Å²) in [6.07, 6.45) is 3.64. The molecule has 4 aliphatic rings. The lowest BCUT2D eigenvalue weighted by Gasteiger charge is -2.28. The minimum absolute atomic E-state index is 0.00596. The van der Waals surface area contributed by atoms with Gasteiger partial charge in [0.25, 0.3) is 5.91 Å². The molecule has 9 nitrogen and oxygen atoms in total. The van der Waals surface area contributed by atoms with E-state index in [-0.39, 0.29) is 29.0 Å². The molecule has 7 rings (SSSR count). The van der Waals surface area contributed by atoms with Gasteiger partial charge in [0.05, 0.1) is 12.1 Å². The molecule has 2 aliphatic carbocycles. The number of carbonyl (C=O) groups excluding carboxylic acids is 2. The number of hydrogen-bond donors (Lipinski definition) is 1. The highest BCUT2D eigenvalue weighted by molar-refractivity contribution is 6.11. The van der Waals surface area contributed by atoms with Crippen molar-refractivity contribution in [3.05, 3.63) is 65.8 Å². The second kappa shape index (κ2) is 5.50. The number of benzene rings is 1. The summed E-state index contributed by atoms with van der Waals surface area (Å²) in [5, 5.41) is 10.8. The standard InChI is InChI=1S/C21H18N6O3/c1-20-13-14-16(23-9-8-22-14)27(2)19(29)21(20,15(13)20)24-17(28)18-26-25-12(30-18)10-11-6-4-3-5-7-11/h3-9,13,15H,10H2,1-2H3,(H,24,28)/t13-,15+,20+,21+/m0/s1. The fraction of sp³-hybridized carbons (Fsp3) is 0.333. The van der Waals surface area contributed by atoms with Crippen molar-refractivity contribution in [1.82, 2.24) is 25.5 Å². The van der Waals surface area contributed by atoms with E-state index in [4.69, 9.17) is 4.42 Å². The van der Waals surface area contributed by atoms with Crippen molar-refractivity contribution in [1.29, 1.82) is 0 Å². The van der Waals surface area contributed by atoms with Gasteiger partial charge in [0.1, 0.15) is 5.54 Å². The predicted molar refractivity (Wildman–Crippen MR) is 104 cm³/mol. The van der Waals surface area contributed by atoms with Gasteiger partial charge in [0.2, 0.25) is 5.89 Å². The number of rotatable bonds is 4. The minimum atomic E-state index is -0.986. The van der Waals surface area contributed by atoms with Crippen LogP contribution < -0.4 is 10.2 Å². The van der Waals surface area contributed by atoms with Gasteiger partial charge in [-0.3, -0.25) is 19.5 Å². The van der Waals surface area contributed by atoms with Crippen LogP contribution in [0, 0.1) is 11.3 Å². The lowest BCUT2D eigenvalue weighted by atomic mass is 9.88. The van der Waals surface area contributed by atoms with Crippen molar-refractivity contribution < 1.29 is 14.0 Å². The molecule has 0 radical (unpaired) electrons. The normalized spacial score (nSPS) is 30.2. The van der Waals surface area contributed by atoms with Crippen LogP contribution in [0.3, 0.4) is 0 Å². The predicted octanol–water partition coefficient (Wildman–Crippen LogP) is 1.33. The Hall–Kier alpha value is -3.62. The van der Waals surface area contributed by atoms with E-state index < -0.39 is 11.4 Å². The lowest BCUT2D eigenvalue weighted by molar-refractivity contribution is -0.123. The number of anilines is 1. The van der Waals surface area contributed by atoms with Crippen LogP contribution in [-0.2, 0) is 11.2 Å². The highest BCUT2D eigenvalue weighted by Gasteiger charge is 2.98. The molecule has 4 atom stereocenters. The summed E-state index contributed by atoms with van der Waals surface area (Å²) in [5.41, 5.74) is 0.456. The molecule has 2 bridgehead atoms. The number of nitrogens with zero attached hydrogens (tertiary/aromatic N) is 5. The maximum atomic E-state index is 13.3. The smallest absolute Gasteiger partial charge is 0.309 e. The van der Waals surface area contributed by atoms with Gasteiger partial charge in [-0.1, -0.05) is 37.3 Å². The summed E-state index contributed by atoms with van der Waals surface area (Å²) in [5.74, 6) is 0.123. The Morgan fingerprint density at radius 2 is 1.93 bits per heavy atom. The van der Waals surface area contributed by atoms with Crippen LogP contribution in [0.5, 0.6) is 0 Å². The minimum Gasteiger partial charge on any atom is -0.417 e. The zero-order chi connectivity index (χ0) is 20.7. The molecule has 9 heteroatoms. The number of nitrogens with one attached hydrogen (secondary N) is 1. The number of hydrogen-bond acceptors (Lipinski definition) is 7. The fourth-order valence-corrected chi connectivity index (χ4v) is 5.26. The third-order valence-corrected chi connectivity index (χ3v) is 6.88.